The van der Waals surface area contributed by atoms with Gasteiger partial charge in [0.2, 0.25) is 5.88 Å². The molecule has 0 aliphatic carbocycles. The second kappa shape index (κ2) is 12.9. The Morgan fingerprint density at radius 3 is 2.49 bits per heavy atom. The Hall–Kier alpha value is -4.96. The molecule has 1 N–H and O–H groups in total. The molecule has 1 fully saturated rings. The molecule has 3 aromatic carbocycles. The Labute approximate surface area is 254 Å². The average Bonchev–Trinajstić information content (AvgIpc) is 3.03. The summed E-state index contributed by atoms with van der Waals surface area (Å²) in [5.41, 5.74) is 6.70. The number of fused-ring (bicyclic) bond motifs is 1. The molecule has 0 radical (unpaired) electrons. The number of hydrazine groups is 1. The number of anilines is 2. The van der Waals surface area contributed by atoms with E-state index >= 15 is 0 Å². The summed E-state index contributed by atoms with van der Waals surface area (Å²) in [7, 11) is 1.61. The molecular weight excluding hydrogens is 568 g/mol. The van der Waals surface area contributed by atoms with Gasteiger partial charge in [-0.25, -0.2) is 9.21 Å². The third kappa shape index (κ3) is 6.29. The van der Waals surface area contributed by atoms with E-state index in [9.17, 15) is 4.79 Å². The SMILES string of the molecule is COc1cc2c(cc1N(Nc1ccccc1)C1CCN1C(=O)OCc1ccccc1)=C(OCc1ccccn1)N(Cl)CN=2. The number of carbonyl (C=O) groups is 1. The Morgan fingerprint density at radius 1 is 1.02 bits per heavy atom. The van der Waals surface area contributed by atoms with Gasteiger partial charge in [-0.05, 0) is 35.9 Å². The van der Waals surface area contributed by atoms with Gasteiger partial charge in [0, 0.05) is 37.0 Å². The van der Waals surface area contributed by atoms with Crippen LogP contribution in [0, 0.1) is 0 Å². The van der Waals surface area contributed by atoms with Crippen molar-refractivity contribution >= 4 is 35.1 Å². The van der Waals surface area contributed by atoms with E-state index in [1.54, 1.807) is 18.2 Å². The van der Waals surface area contributed by atoms with Crippen molar-refractivity contribution in [2.45, 2.75) is 25.8 Å². The molecule has 220 valence electrons. The van der Waals surface area contributed by atoms with Crippen molar-refractivity contribution in [2.24, 2.45) is 4.99 Å². The number of hydrogen-bond acceptors (Lipinski definition) is 9. The summed E-state index contributed by atoms with van der Waals surface area (Å²) in [5.74, 6) is 1.02. The number of benzene rings is 3. The van der Waals surface area contributed by atoms with Crippen LogP contribution >= 0.6 is 11.8 Å². The fourth-order valence-electron chi connectivity index (χ4n) is 4.92. The van der Waals surface area contributed by atoms with Crippen molar-refractivity contribution in [2.75, 3.05) is 30.8 Å². The summed E-state index contributed by atoms with van der Waals surface area (Å²) in [6.07, 6.45) is 1.67. The molecule has 0 spiro atoms. The van der Waals surface area contributed by atoms with E-state index in [-0.39, 0.29) is 26.0 Å². The van der Waals surface area contributed by atoms with E-state index in [0.29, 0.717) is 40.9 Å². The standard InChI is InChI=1S/C32H31ClN6O4/c1-41-29-19-27-26(31(38(33)22-35-27)42-21-25-14-8-9-16-34-25)18-28(29)39(36-24-12-6-3-7-13-24)30-15-17-37(30)32(40)43-20-23-10-4-2-5-11-23/h2-14,16,18-19,30,36H,15,17,20-22H2,1H3. The summed E-state index contributed by atoms with van der Waals surface area (Å²) in [6, 6.07) is 28.8. The number of amides is 1. The fraction of sp³-hybridized carbons (Fsp3) is 0.219. The summed E-state index contributed by atoms with van der Waals surface area (Å²) in [5, 5.41) is 3.29. The number of methoxy groups -OCH3 is 1. The number of rotatable bonds is 10. The number of aromatic nitrogens is 1. The van der Waals surface area contributed by atoms with Crippen LogP contribution in [0.3, 0.4) is 0 Å². The predicted octanol–water partition coefficient (Wildman–Crippen LogP) is 4.62. The molecule has 6 rings (SSSR count). The third-order valence-electron chi connectivity index (χ3n) is 7.20. The molecule has 3 heterocycles. The van der Waals surface area contributed by atoms with Crippen LogP contribution < -0.4 is 25.7 Å². The van der Waals surface area contributed by atoms with Crippen LogP contribution in [0.15, 0.2) is 102 Å². The number of halogens is 1. The van der Waals surface area contributed by atoms with Crippen molar-refractivity contribution in [1.82, 2.24) is 14.3 Å². The predicted molar refractivity (Wildman–Crippen MR) is 163 cm³/mol. The molecule has 1 amide bonds. The number of likely N-dealkylation sites (tertiary alicyclic amines) is 1. The van der Waals surface area contributed by atoms with Gasteiger partial charge in [0.05, 0.1) is 29.1 Å². The van der Waals surface area contributed by atoms with Gasteiger partial charge >= 0.3 is 6.09 Å². The summed E-state index contributed by atoms with van der Waals surface area (Å²) in [6.45, 7) is 1.18. The fourth-order valence-corrected chi connectivity index (χ4v) is 5.12. The third-order valence-corrected chi connectivity index (χ3v) is 7.47. The lowest BCUT2D eigenvalue weighted by molar-refractivity contribution is 0.0439. The number of para-hydroxylation sites is 1. The smallest absolute Gasteiger partial charge is 0.411 e. The molecule has 43 heavy (non-hydrogen) atoms. The first-order chi connectivity index (χ1) is 21.1. The van der Waals surface area contributed by atoms with Gasteiger partial charge in [0.25, 0.3) is 0 Å². The largest absolute Gasteiger partial charge is 0.494 e. The molecule has 1 aromatic heterocycles. The highest BCUT2D eigenvalue weighted by Gasteiger charge is 2.39. The Bertz CT molecular complexity index is 1680. The summed E-state index contributed by atoms with van der Waals surface area (Å²) in [4.78, 5) is 23.9. The molecule has 11 heteroatoms. The monoisotopic (exact) mass is 598 g/mol. The lowest BCUT2D eigenvalue weighted by Crippen LogP contribution is -2.62. The Balaban J connectivity index is 1.36. The van der Waals surface area contributed by atoms with Crippen LogP contribution in [-0.4, -0.2) is 46.9 Å². The van der Waals surface area contributed by atoms with Crippen LogP contribution in [0.2, 0.25) is 0 Å². The van der Waals surface area contributed by atoms with Gasteiger partial charge in [0.1, 0.15) is 37.5 Å². The maximum absolute atomic E-state index is 13.2. The molecule has 1 atom stereocenters. The minimum atomic E-state index is -0.398. The normalized spacial score (nSPS) is 15.5. The minimum absolute atomic E-state index is 0.191. The van der Waals surface area contributed by atoms with Crippen molar-refractivity contribution in [1.29, 1.82) is 0 Å². The first-order valence-corrected chi connectivity index (χ1v) is 14.3. The Kier molecular flexibility index (Phi) is 8.46. The lowest BCUT2D eigenvalue weighted by Gasteiger charge is -2.47. The van der Waals surface area contributed by atoms with Crippen LogP contribution in [0.1, 0.15) is 17.7 Å². The first-order valence-electron chi connectivity index (χ1n) is 13.9. The van der Waals surface area contributed by atoms with E-state index in [0.717, 1.165) is 16.9 Å². The zero-order chi connectivity index (χ0) is 29.6. The maximum atomic E-state index is 13.2. The van der Waals surface area contributed by atoms with Gasteiger partial charge in [-0.1, -0.05) is 54.6 Å². The maximum Gasteiger partial charge on any atom is 0.411 e. The second-order valence-corrected chi connectivity index (χ2v) is 10.4. The van der Waals surface area contributed by atoms with Gasteiger partial charge in [-0.2, -0.15) is 0 Å². The quantitative estimate of drug-likeness (QED) is 0.209. The summed E-state index contributed by atoms with van der Waals surface area (Å²) >= 11 is 6.59. The number of pyridine rings is 1. The van der Waals surface area contributed by atoms with Crippen LogP contribution in [-0.2, 0) is 22.7 Å². The number of carbonyl (C=O) groups excluding carboxylic acids is 1. The van der Waals surface area contributed by atoms with Gasteiger partial charge in [0.15, 0.2) is 0 Å². The zero-order valence-corrected chi connectivity index (χ0v) is 24.4. The molecular formula is C32H31ClN6O4. The highest BCUT2D eigenvalue weighted by Crippen LogP contribution is 2.34. The van der Waals surface area contributed by atoms with Crippen LogP contribution in [0.4, 0.5) is 16.2 Å². The lowest BCUT2D eigenvalue weighted by atomic mass is 10.1. The number of nitrogens with zero attached hydrogens (tertiary/aromatic N) is 5. The molecule has 0 saturated carbocycles. The van der Waals surface area contributed by atoms with Crippen molar-refractivity contribution in [3.8, 4) is 5.75 Å². The van der Waals surface area contributed by atoms with Crippen LogP contribution in [0.25, 0.3) is 5.88 Å². The zero-order valence-electron chi connectivity index (χ0n) is 23.6. The van der Waals surface area contributed by atoms with Crippen molar-refractivity contribution in [3.63, 3.8) is 0 Å². The molecule has 2 aliphatic heterocycles. The van der Waals surface area contributed by atoms with Gasteiger partial charge in [-0.3, -0.25) is 25.3 Å². The van der Waals surface area contributed by atoms with Crippen LogP contribution in [0.5, 0.6) is 5.75 Å². The van der Waals surface area contributed by atoms with Crippen molar-refractivity contribution < 1.29 is 19.0 Å². The topological polar surface area (TPSA) is 91.8 Å². The highest BCUT2D eigenvalue weighted by atomic mass is 35.5. The molecule has 1 unspecified atom stereocenters. The average molecular weight is 599 g/mol. The van der Waals surface area contributed by atoms with E-state index in [1.165, 1.54) is 4.42 Å². The van der Waals surface area contributed by atoms with Gasteiger partial charge in [-0.15, -0.1) is 0 Å². The van der Waals surface area contributed by atoms with Gasteiger partial charge < -0.3 is 14.2 Å². The van der Waals surface area contributed by atoms with E-state index in [1.807, 2.05) is 96.0 Å². The molecule has 0 bridgehead atoms. The molecule has 2 aliphatic rings. The number of ether oxygens (including phenoxy) is 3. The minimum Gasteiger partial charge on any atom is -0.494 e. The Morgan fingerprint density at radius 2 is 1.79 bits per heavy atom. The first kappa shape index (κ1) is 28.2. The molecule has 1 saturated heterocycles. The molecule has 10 nitrogen and oxygen atoms in total. The van der Waals surface area contributed by atoms with E-state index < -0.39 is 6.09 Å². The van der Waals surface area contributed by atoms with E-state index in [4.69, 9.17) is 26.0 Å². The molecule has 4 aromatic rings. The summed E-state index contributed by atoms with van der Waals surface area (Å²) < 4.78 is 19.2. The van der Waals surface area contributed by atoms with E-state index in [2.05, 4.69) is 15.4 Å². The highest BCUT2D eigenvalue weighted by molar-refractivity contribution is 6.16. The number of hydrogen-bond donors (Lipinski definition) is 1. The van der Waals surface area contributed by atoms with Crippen molar-refractivity contribution in [3.05, 3.63) is 119 Å². The second-order valence-electron chi connectivity index (χ2n) is 9.97. The number of nitrogens with one attached hydrogen (secondary N) is 1.